The zero-order valence-electron chi connectivity index (χ0n) is 13.1. The molecule has 2 rings (SSSR count). The van der Waals surface area contributed by atoms with Crippen molar-refractivity contribution in [2.75, 3.05) is 7.11 Å². The number of esters is 1. The van der Waals surface area contributed by atoms with Crippen molar-refractivity contribution >= 4 is 16.1 Å². The van der Waals surface area contributed by atoms with E-state index in [9.17, 15) is 26.4 Å². The number of methoxy groups -OCH3 is 1. The number of hydrogen-bond acceptors (Lipinski definition) is 5. The van der Waals surface area contributed by atoms with E-state index in [0.29, 0.717) is 6.07 Å². The van der Waals surface area contributed by atoms with E-state index in [1.165, 1.54) is 25.1 Å². The number of carbonyl (C=O) groups excluding carboxylic acids is 1. The van der Waals surface area contributed by atoms with Crippen LogP contribution >= 0.6 is 0 Å². The topological polar surface area (TPSA) is 69.7 Å². The largest absolute Gasteiger partial charge is 0.465 e. The van der Waals surface area contributed by atoms with Crippen molar-refractivity contribution < 1.29 is 35.3 Å². The molecule has 0 N–H and O–H groups in total. The number of para-hydroxylation sites is 1. The fourth-order valence-corrected chi connectivity index (χ4v) is 3.26. The van der Waals surface area contributed by atoms with Crippen LogP contribution < -0.4 is 4.18 Å². The highest BCUT2D eigenvalue weighted by atomic mass is 32.2. The van der Waals surface area contributed by atoms with Gasteiger partial charge in [0.2, 0.25) is 0 Å². The Morgan fingerprint density at radius 1 is 1.08 bits per heavy atom. The predicted octanol–water partition coefficient (Wildman–Crippen LogP) is 3.57. The first-order valence-electron chi connectivity index (χ1n) is 6.86. The molecule has 0 bridgehead atoms. The van der Waals surface area contributed by atoms with Crippen molar-refractivity contribution in [1.82, 2.24) is 0 Å². The van der Waals surface area contributed by atoms with Crippen LogP contribution in [0.4, 0.5) is 13.2 Å². The lowest BCUT2D eigenvalue weighted by Gasteiger charge is -2.14. The van der Waals surface area contributed by atoms with E-state index in [1.807, 2.05) is 0 Å². The first kappa shape index (κ1) is 18.8. The van der Waals surface area contributed by atoms with Gasteiger partial charge >= 0.3 is 22.3 Å². The highest BCUT2D eigenvalue weighted by Gasteiger charge is 2.35. The molecule has 2 aromatic carbocycles. The second-order valence-electron chi connectivity index (χ2n) is 5.00. The van der Waals surface area contributed by atoms with Crippen LogP contribution in [-0.2, 0) is 21.0 Å². The maximum Gasteiger partial charge on any atom is 0.420 e. The molecule has 0 saturated heterocycles. The van der Waals surface area contributed by atoms with E-state index in [4.69, 9.17) is 4.18 Å². The Morgan fingerprint density at radius 2 is 1.72 bits per heavy atom. The number of halogens is 3. The van der Waals surface area contributed by atoms with Gasteiger partial charge in [-0.3, -0.25) is 0 Å². The van der Waals surface area contributed by atoms with Crippen LogP contribution in [0.15, 0.2) is 47.4 Å². The molecule has 5 nitrogen and oxygen atoms in total. The molecular weight excluding hydrogens is 361 g/mol. The maximum absolute atomic E-state index is 13.0. The third-order valence-corrected chi connectivity index (χ3v) is 4.65. The first-order chi connectivity index (χ1) is 11.6. The summed E-state index contributed by atoms with van der Waals surface area (Å²) in [5, 5.41) is 0. The predicted molar refractivity (Wildman–Crippen MR) is 81.8 cm³/mol. The highest BCUT2D eigenvalue weighted by molar-refractivity contribution is 7.87. The molecule has 0 saturated carbocycles. The van der Waals surface area contributed by atoms with Crippen LogP contribution in [0.5, 0.6) is 5.75 Å². The third-order valence-electron chi connectivity index (χ3n) is 3.27. The van der Waals surface area contributed by atoms with Gasteiger partial charge in [0.15, 0.2) is 5.75 Å². The number of benzene rings is 2. The summed E-state index contributed by atoms with van der Waals surface area (Å²) in [5.41, 5.74) is -1.09. The number of aryl methyl sites for hydroxylation is 1. The minimum Gasteiger partial charge on any atom is -0.465 e. The normalized spacial score (nSPS) is 11.9. The Morgan fingerprint density at radius 3 is 2.32 bits per heavy atom. The molecule has 0 aliphatic rings. The van der Waals surface area contributed by atoms with E-state index in [-0.39, 0.29) is 11.1 Å². The summed E-state index contributed by atoms with van der Waals surface area (Å²) < 4.78 is 73.0. The van der Waals surface area contributed by atoms with Crippen molar-refractivity contribution in [2.45, 2.75) is 18.0 Å². The second-order valence-corrected chi connectivity index (χ2v) is 6.52. The smallest absolute Gasteiger partial charge is 0.420 e. The molecule has 0 aliphatic heterocycles. The molecule has 25 heavy (non-hydrogen) atoms. The van der Waals surface area contributed by atoms with Gasteiger partial charge in [-0.2, -0.15) is 21.6 Å². The van der Waals surface area contributed by atoms with Gasteiger partial charge in [0.25, 0.3) is 0 Å². The minimum absolute atomic E-state index is 0.0700. The van der Waals surface area contributed by atoms with Gasteiger partial charge in [0, 0.05) is 0 Å². The molecule has 0 radical (unpaired) electrons. The summed E-state index contributed by atoms with van der Waals surface area (Å²) in [6.07, 6.45) is -4.78. The average molecular weight is 374 g/mol. The zero-order chi connectivity index (χ0) is 18.8. The Labute approximate surface area is 142 Å². The minimum atomic E-state index is -4.78. The fourth-order valence-electron chi connectivity index (χ4n) is 2.05. The molecule has 2 aromatic rings. The van der Waals surface area contributed by atoms with Crippen LogP contribution in [0.25, 0.3) is 0 Å². The zero-order valence-corrected chi connectivity index (χ0v) is 13.9. The Hall–Kier alpha value is -2.55. The first-order valence-corrected chi connectivity index (χ1v) is 8.27. The quantitative estimate of drug-likeness (QED) is 0.605. The number of hydrogen-bond donors (Lipinski definition) is 0. The summed E-state index contributed by atoms with van der Waals surface area (Å²) in [4.78, 5) is 11.1. The molecule has 134 valence electrons. The van der Waals surface area contributed by atoms with Gasteiger partial charge in [-0.1, -0.05) is 18.2 Å². The highest BCUT2D eigenvalue weighted by Crippen LogP contribution is 2.37. The van der Waals surface area contributed by atoms with Crippen molar-refractivity contribution in [1.29, 1.82) is 0 Å². The van der Waals surface area contributed by atoms with E-state index in [1.54, 1.807) is 0 Å². The van der Waals surface area contributed by atoms with Crippen molar-refractivity contribution in [3.63, 3.8) is 0 Å². The lowest BCUT2D eigenvalue weighted by molar-refractivity contribution is -0.138. The standard InChI is InChI=1S/C16H13F3O5S/c1-10-7-8-11(15(20)23-2)9-14(10)25(21,22)24-13-6-4-3-5-12(13)16(17,18)19/h3-9H,1-2H3. The van der Waals surface area contributed by atoms with Gasteiger partial charge in [0.05, 0.1) is 18.2 Å². The summed E-state index contributed by atoms with van der Waals surface area (Å²) in [7, 11) is -3.48. The van der Waals surface area contributed by atoms with Crippen molar-refractivity contribution in [3.05, 3.63) is 59.2 Å². The molecule has 0 aromatic heterocycles. The summed E-state index contributed by atoms with van der Waals surface area (Å²) in [5.74, 6) is -1.63. The summed E-state index contributed by atoms with van der Waals surface area (Å²) in [6.45, 7) is 1.42. The Kier molecular flexibility index (Phi) is 5.07. The fraction of sp³-hybridized carbons (Fsp3) is 0.188. The molecule has 0 unspecified atom stereocenters. The van der Waals surface area contributed by atoms with Gasteiger partial charge in [-0.05, 0) is 36.8 Å². The van der Waals surface area contributed by atoms with Crippen LogP contribution in [0.1, 0.15) is 21.5 Å². The average Bonchev–Trinajstić information content (AvgIpc) is 2.53. The van der Waals surface area contributed by atoms with Crippen LogP contribution in [-0.4, -0.2) is 21.5 Å². The monoisotopic (exact) mass is 374 g/mol. The van der Waals surface area contributed by atoms with Crippen LogP contribution in [0.2, 0.25) is 0 Å². The van der Waals surface area contributed by atoms with Crippen LogP contribution in [0.3, 0.4) is 0 Å². The maximum atomic E-state index is 13.0. The molecule has 0 atom stereocenters. The van der Waals surface area contributed by atoms with E-state index in [2.05, 4.69) is 4.74 Å². The number of carbonyl (C=O) groups is 1. The van der Waals surface area contributed by atoms with E-state index < -0.39 is 38.5 Å². The molecule has 0 fully saturated rings. The number of rotatable bonds is 4. The van der Waals surface area contributed by atoms with Crippen molar-refractivity contribution in [3.8, 4) is 5.75 Å². The molecule has 0 heterocycles. The SMILES string of the molecule is COC(=O)c1ccc(C)c(S(=O)(=O)Oc2ccccc2C(F)(F)F)c1. The Bertz CT molecular complexity index is 904. The second kappa shape index (κ2) is 6.75. The molecular formula is C16H13F3O5S. The van der Waals surface area contributed by atoms with Gasteiger partial charge < -0.3 is 8.92 Å². The van der Waals surface area contributed by atoms with Gasteiger partial charge in [0.1, 0.15) is 4.90 Å². The lowest BCUT2D eigenvalue weighted by atomic mass is 10.1. The third kappa shape index (κ3) is 4.11. The molecule has 0 aliphatic carbocycles. The van der Waals surface area contributed by atoms with Gasteiger partial charge in [-0.15, -0.1) is 0 Å². The van der Waals surface area contributed by atoms with Gasteiger partial charge in [-0.25, -0.2) is 4.79 Å². The lowest BCUT2D eigenvalue weighted by Crippen LogP contribution is -2.16. The van der Waals surface area contributed by atoms with Crippen molar-refractivity contribution in [2.24, 2.45) is 0 Å². The Balaban J connectivity index is 2.50. The molecule has 9 heteroatoms. The molecule has 0 spiro atoms. The molecule has 0 amide bonds. The number of ether oxygens (including phenoxy) is 1. The van der Waals surface area contributed by atoms with Crippen LogP contribution in [0, 0.1) is 6.92 Å². The van der Waals surface area contributed by atoms with E-state index >= 15 is 0 Å². The number of alkyl halides is 3. The summed E-state index contributed by atoms with van der Waals surface area (Å²) in [6, 6.07) is 7.61. The van der Waals surface area contributed by atoms with E-state index in [0.717, 1.165) is 25.3 Å². The summed E-state index contributed by atoms with van der Waals surface area (Å²) >= 11 is 0.